The number of hydrogen-bond acceptors (Lipinski definition) is 6. The lowest BCUT2D eigenvalue weighted by molar-refractivity contribution is -0.394. The van der Waals surface area contributed by atoms with Crippen molar-refractivity contribution in [2.45, 2.75) is 36.5 Å². The Kier molecular flexibility index (Phi) is 6.16. The van der Waals surface area contributed by atoms with E-state index in [1.54, 1.807) is 36.4 Å². The van der Waals surface area contributed by atoms with E-state index < -0.39 is 19.7 Å². The van der Waals surface area contributed by atoms with Crippen molar-refractivity contribution in [3.8, 4) is 0 Å². The molecule has 8 nitrogen and oxygen atoms in total. The lowest BCUT2D eigenvalue weighted by Gasteiger charge is -2.08. The molecule has 0 heterocycles. The van der Waals surface area contributed by atoms with E-state index in [9.17, 15) is 28.6 Å². The van der Waals surface area contributed by atoms with Gasteiger partial charge in [0.05, 0.1) is 25.7 Å². The fourth-order valence-corrected chi connectivity index (χ4v) is 4.56. The Morgan fingerprint density at radius 1 is 0.774 bits per heavy atom. The number of benzene rings is 3. The second-order valence-electron chi connectivity index (χ2n) is 7.10. The normalized spacial score (nSPS) is 11.3. The molecule has 160 valence electrons. The Bertz CT molecular complexity index is 1250. The van der Waals surface area contributed by atoms with Gasteiger partial charge in [-0.05, 0) is 54.8 Å². The Hall–Kier alpha value is -3.59. The molecule has 0 fully saturated rings. The van der Waals surface area contributed by atoms with E-state index in [1.807, 2.05) is 6.92 Å². The number of aryl methyl sites for hydroxylation is 2. The zero-order valence-corrected chi connectivity index (χ0v) is 17.8. The van der Waals surface area contributed by atoms with Crippen molar-refractivity contribution in [2.24, 2.45) is 0 Å². The quantitative estimate of drug-likeness (QED) is 0.384. The van der Waals surface area contributed by atoms with E-state index in [1.165, 1.54) is 25.1 Å². The van der Waals surface area contributed by atoms with Crippen LogP contribution in [0.5, 0.6) is 0 Å². The topological polar surface area (TPSA) is 120 Å². The smallest absolute Gasteiger partial charge is 0.258 e. The van der Waals surface area contributed by atoms with Gasteiger partial charge in [0.2, 0.25) is 9.84 Å². The summed E-state index contributed by atoms with van der Waals surface area (Å²) in [6.45, 7) is 3.50. The van der Waals surface area contributed by atoms with Crippen LogP contribution in [-0.2, 0) is 22.7 Å². The molecule has 0 bridgehead atoms. The summed E-state index contributed by atoms with van der Waals surface area (Å²) in [4.78, 5) is 21.5. The summed E-state index contributed by atoms with van der Waals surface area (Å²) in [5, 5.41) is 22.5. The number of hydrogen-bond donors (Lipinski definition) is 0. The lowest BCUT2D eigenvalue weighted by Crippen LogP contribution is -2.03. The Balaban J connectivity index is 1.91. The first-order valence-electron chi connectivity index (χ1n) is 9.48. The number of nitro benzene ring substituents is 2. The molecule has 3 rings (SSSR count). The first-order chi connectivity index (χ1) is 14.6. The van der Waals surface area contributed by atoms with Crippen LogP contribution in [0.4, 0.5) is 11.4 Å². The zero-order chi connectivity index (χ0) is 22.8. The highest BCUT2D eigenvalue weighted by Crippen LogP contribution is 2.30. The predicted octanol–water partition coefficient (Wildman–Crippen LogP) is 4.80. The van der Waals surface area contributed by atoms with E-state index in [2.05, 4.69) is 0 Å². The third-order valence-electron chi connectivity index (χ3n) is 5.06. The van der Waals surface area contributed by atoms with Crippen molar-refractivity contribution in [3.63, 3.8) is 0 Å². The molecule has 9 heteroatoms. The van der Waals surface area contributed by atoms with Crippen LogP contribution in [0.15, 0.2) is 70.5 Å². The molecule has 0 amide bonds. The molecular weight excluding hydrogens is 420 g/mol. The van der Waals surface area contributed by atoms with Crippen LogP contribution < -0.4 is 0 Å². The lowest BCUT2D eigenvalue weighted by atomic mass is 10.0. The molecular formula is C22H20N2O6S. The molecule has 3 aromatic carbocycles. The number of nitro groups is 2. The second-order valence-corrected chi connectivity index (χ2v) is 9.05. The maximum absolute atomic E-state index is 12.8. The van der Waals surface area contributed by atoms with Gasteiger partial charge in [-0.15, -0.1) is 0 Å². The highest BCUT2D eigenvalue weighted by Gasteiger charge is 2.23. The average molecular weight is 440 g/mol. The Morgan fingerprint density at radius 3 is 1.71 bits per heavy atom. The monoisotopic (exact) mass is 440 g/mol. The predicted molar refractivity (Wildman–Crippen MR) is 115 cm³/mol. The van der Waals surface area contributed by atoms with E-state index in [0.717, 1.165) is 18.1 Å². The number of sulfone groups is 1. The molecule has 0 saturated carbocycles. The summed E-state index contributed by atoms with van der Waals surface area (Å²) in [7, 11) is -3.68. The molecule has 0 saturated heterocycles. The minimum atomic E-state index is -3.68. The summed E-state index contributed by atoms with van der Waals surface area (Å²) in [5.41, 5.74) is 1.67. The van der Waals surface area contributed by atoms with Gasteiger partial charge in [-0.25, -0.2) is 8.42 Å². The van der Waals surface area contributed by atoms with Crippen LogP contribution in [-0.4, -0.2) is 18.3 Å². The number of rotatable bonds is 7. The standard InChI is InChI=1S/C22H20N2O6S/c1-3-16-4-8-19(9-5-16)31(29,30)20-10-6-17(7-11-20)13-18-12-15(2)21(23(25)26)14-22(18)24(27)28/h4-12,14H,3,13H2,1-2H3. The van der Waals surface area contributed by atoms with E-state index in [-0.39, 0.29) is 27.6 Å². The SMILES string of the molecule is CCc1ccc(S(=O)(=O)c2ccc(Cc3cc(C)c([N+](=O)[O-])cc3[N+](=O)[O-])cc2)cc1. The van der Waals surface area contributed by atoms with Crippen molar-refractivity contribution in [1.29, 1.82) is 0 Å². The van der Waals surface area contributed by atoms with Crippen molar-refractivity contribution >= 4 is 21.2 Å². The summed E-state index contributed by atoms with van der Waals surface area (Å²) < 4.78 is 25.7. The van der Waals surface area contributed by atoms with Crippen LogP contribution in [0.3, 0.4) is 0 Å². The van der Waals surface area contributed by atoms with Crippen LogP contribution in [0, 0.1) is 27.2 Å². The molecule has 0 aliphatic rings. The molecule has 3 aromatic rings. The van der Waals surface area contributed by atoms with E-state index in [4.69, 9.17) is 0 Å². The summed E-state index contributed by atoms with van der Waals surface area (Å²) >= 11 is 0. The van der Waals surface area contributed by atoms with Gasteiger partial charge in [-0.2, -0.15) is 0 Å². The Labute approximate surface area is 179 Å². The minimum absolute atomic E-state index is 0.120. The van der Waals surface area contributed by atoms with Gasteiger partial charge in [0.1, 0.15) is 0 Å². The molecule has 0 spiro atoms. The maximum Gasteiger partial charge on any atom is 0.279 e. The van der Waals surface area contributed by atoms with Gasteiger partial charge in [0.25, 0.3) is 11.4 Å². The van der Waals surface area contributed by atoms with Crippen LogP contribution in [0.2, 0.25) is 0 Å². The molecule has 0 N–H and O–H groups in total. The van der Waals surface area contributed by atoms with Crippen LogP contribution in [0.25, 0.3) is 0 Å². The minimum Gasteiger partial charge on any atom is -0.258 e. The first-order valence-corrected chi connectivity index (χ1v) is 11.0. The van der Waals surface area contributed by atoms with Gasteiger partial charge in [-0.1, -0.05) is 31.2 Å². The van der Waals surface area contributed by atoms with Gasteiger partial charge < -0.3 is 0 Å². The van der Waals surface area contributed by atoms with Gasteiger partial charge in [-0.3, -0.25) is 20.2 Å². The van der Waals surface area contributed by atoms with Gasteiger partial charge in [0, 0.05) is 17.5 Å². The van der Waals surface area contributed by atoms with Gasteiger partial charge in [0.15, 0.2) is 0 Å². The Morgan fingerprint density at radius 2 is 1.26 bits per heavy atom. The summed E-state index contributed by atoms with van der Waals surface area (Å²) in [6, 6.07) is 15.2. The molecule has 0 atom stereocenters. The third-order valence-corrected chi connectivity index (χ3v) is 6.85. The van der Waals surface area contributed by atoms with Crippen molar-refractivity contribution in [3.05, 3.63) is 103 Å². The number of nitrogens with zero attached hydrogens (tertiary/aromatic N) is 2. The molecule has 0 aliphatic heterocycles. The summed E-state index contributed by atoms with van der Waals surface area (Å²) in [5.74, 6) is 0. The van der Waals surface area contributed by atoms with Crippen LogP contribution in [0.1, 0.15) is 29.2 Å². The van der Waals surface area contributed by atoms with Crippen LogP contribution >= 0.6 is 0 Å². The fourth-order valence-electron chi connectivity index (χ4n) is 3.30. The highest BCUT2D eigenvalue weighted by molar-refractivity contribution is 7.91. The van der Waals surface area contributed by atoms with Crippen molar-refractivity contribution < 1.29 is 18.3 Å². The molecule has 0 radical (unpaired) electrons. The summed E-state index contributed by atoms with van der Waals surface area (Å²) in [6.07, 6.45) is 0.948. The van der Waals surface area contributed by atoms with Gasteiger partial charge >= 0.3 is 0 Å². The van der Waals surface area contributed by atoms with Crippen molar-refractivity contribution in [2.75, 3.05) is 0 Å². The molecule has 0 aliphatic carbocycles. The average Bonchev–Trinajstić information content (AvgIpc) is 2.73. The van der Waals surface area contributed by atoms with Crippen molar-refractivity contribution in [1.82, 2.24) is 0 Å². The fraction of sp³-hybridized carbons (Fsp3) is 0.182. The highest BCUT2D eigenvalue weighted by atomic mass is 32.2. The molecule has 0 unspecified atom stereocenters. The maximum atomic E-state index is 12.8. The van der Waals surface area contributed by atoms with E-state index in [0.29, 0.717) is 16.7 Å². The second kappa shape index (κ2) is 8.65. The molecule has 31 heavy (non-hydrogen) atoms. The third kappa shape index (κ3) is 4.61. The molecule has 0 aromatic heterocycles. The first kappa shape index (κ1) is 22.1. The zero-order valence-electron chi connectivity index (χ0n) is 16.9. The largest absolute Gasteiger partial charge is 0.279 e. The van der Waals surface area contributed by atoms with E-state index >= 15 is 0 Å².